The van der Waals surface area contributed by atoms with Gasteiger partial charge in [0.15, 0.2) is 0 Å². The summed E-state index contributed by atoms with van der Waals surface area (Å²) in [6.45, 7) is 6.12. The van der Waals surface area contributed by atoms with E-state index in [1.54, 1.807) is 0 Å². The molecule has 1 heterocycles. The largest absolute Gasteiger partial charge is 0.477 e. The lowest BCUT2D eigenvalue weighted by molar-refractivity contribution is -0.122. The fourth-order valence-corrected chi connectivity index (χ4v) is 2.50. The van der Waals surface area contributed by atoms with Crippen LogP contribution in [0.1, 0.15) is 60.8 Å². The summed E-state index contributed by atoms with van der Waals surface area (Å²) in [5.41, 5.74) is 2.28. The predicted molar refractivity (Wildman–Crippen MR) is 90.9 cm³/mol. The van der Waals surface area contributed by atoms with Gasteiger partial charge in [-0.3, -0.25) is 4.79 Å². The van der Waals surface area contributed by atoms with Gasteiger partial charge in [0, 0.05) is 6.20 Å². The highest BCUT2D eigenvalue weighted by Gasteiger charge is 2.15. The van der Waals surface area contributed by atoms with Gasteiger partial charge in [-0.2, -0.15) is 5.10 Å². The number of benzene rings is 1. The summed E-state index contributed by atoms with van der Waals surface area (Å²) >= 11 is 0. The Balaban J connectivity index is 1.98. The normalized spacial score (nSPS) is 13.3. The van der Waals surface area contributed by atoms with Crippen LogP contribution in [0.2, 0.25) is 0 Å². The lowest BCUT2D eigenvalue weighted by Gasteiger charge is -2.16. The second-order valence-electron chi connectivity index (χ2n) is 5.94. The number of aromatic carboxylic acids is 1. The third kappa shape index (κ3) is 4.22. The van der Waals surface area contributed by atoms with Gasteiger partial charge in [-0.25, -0.2) is 9.48 Å². The molecule has 0 aliphatic rings. The molecular formula is C18H23N3O3. The van der Waals surface area contributed by atoms with Gasteiger partial charge in [0.05, 0.1) is 6.04 Å². The van der Waals surface area contributed by atoms with E-state index in [-0.39, 0.29) is 24.2 Å². The minimum absolute atomic E-state index is 0.00397. The van der Waals surface area contributed by atoms with Crippen molar-refractivity contribution in [3.05, 3.63) is 53.3 Å². The van der Waals surface area contributed by atoms with Crippen molar-refractivity contribution < 1.29 is 14.7 Å². The highest BCUT2D eigenvalue weighted by Crippen LogP contribution is 2.21. The highest BCUT2D eigenvalue weighted by atomic mass is 16.4. The van der Waals surface area contributed by atoms with Crippen LogP contribution >= 0.6 is 0 Å². The molecule has 6 nitrogen and oxygen atoms in total. The predicted octanol–water partition coefficient (Wildman–Crippen LogP) is 2.97. The minimum Gasteiger partial charge on any atom is -0.477 e. The van der Waals surface area contributed by atoms with Crippen LogP contribution in [0.5, 0.6) is 0 Å². The molecule has 0 fully saturated rings. The van der Waals surface area contributed by atoms with Gasteiger partial charge in [0.1, 0.15) is 12.2 Å². The van der Waals surface area contributed by atoms with Crippen molar-refractivity contribution in [1.82, 2.24) is 15.1 Å². The summed E-state index contributed by atoms with van der Waals surface area (Å²) in [4.78, 5) is 23.2. The fraction of sp³-hybridized carbons (Fsp3) is 0.389. The number of hydrogen-bond donors (Lipinski definition) is 2. The Morgan fingerprint density at radius 1 is 1.17 bits per heavy atom. The van der Waals surface area contributed by atoms with Gasteiger partial charge in [0.25, 0.3) is 0 Å². The molecule has 0 spiro atoms. The Labute approximate surface area is 141 Å². The SMILES string of the molecule is CCC(C)c1ccc(C(C)NC(=O)Cn2nccc2C(=O)O)cc1. The maximum Gasteiger partial charge on any atom is 0.354 e. The van der Waals surface area contributed by atoms with Crippen molar-refractivity contribution in [1.29, 1.82) is 0 Å². The zero-order chi connectivity index (χ0) is 17.7. The zero-order valence-corrected chi connectivity index (χ0v) is 14.2. The third-order valence-corrected chi connectivity index (χ3v) is 4.22. The van der Waals surface area contributed by atoms with Crippen molar-refractivity contribution >= 4 is 11.9 Å². The molecule has 2 aromatic rings. The van der Waals surface area contributed by atoms with Gasteiger partial charge in [-0.15, -0.1) is 0 Å². The molecule has 2 rings (SSSR count). The number of nitrogens with one attached hydrogen (secondary N) is 1. The first kappa shape index (κ1) is 17.7. The van der Waals surface area contributed by atoms with Crippen LogP contribution in [0.3, 0.4) is 0 Å². The van der Waals surface area contributed by atoms with E-state index in [2.05, 4.69) is 36.4 Å². The molecule has 2 unspecified atom stereocenters. The first-order chi connectivity index (χ1) is 11.4. The van der Waals surface area contributed by atoms with E-state index in [1.165, 1.54) is 22.5 Å². The number of carbonyl (C=O) groups excluding carboxylic acids is 1. The van der Waals surface area contributed by atoms with Gasteiger partial charge in [-0.1, -0.05) is 38.1 Å². The Morgan fingerprint density at radius 3 is 2.38 bits per heavy atom. The smallest absolute Gasteiger partial charge is 0.354 e. The summed E-state index contributed by atoms with van der Waals surface area (Å²) in [5, 5.41) is 15.8. The quantitative estimate of drug-likeness (QED) is 0.818. The number of carboxylic acid groups (broad SMARTS) is 1. The molecule has 0 saturated heterocycles. The van der Waals surface area contributed by atoms with Crippen molar-refractivity contribution in [3.63, 3.8) is 0 Å². The fourth-order valence-electron chi connectivity index (χ4n) is 2.50. The lowest BCUT2D eigenvalue weighted by Crippen LogP contribution is -2.31. The van der Waals surface area contributed by atoms with E-state index in [9.17, 15) is 9.59 Å². The monoisotopic (exact) mass is 329 g/mol. The lowest BCUT2D eigenvalue weighted by atomic mass is 9.96. The number of carbonyl (C=O) groups is 2. The molecule has 0 saturated carbocycles. The summed E-state index contributed by atoms with van der Waals surface area (Å²) in [6.07, 6.45) is 2.45. The molecule has 128 valence electrons. The first-order valence-corrected chi connectivity index (χ1v) is 8.06. The van der Waals surface area contributed by atoms with E-state index >= 15 is 0 Å². The van der Waals surface area contributed by atoms with Gasteiger partial charge in [0.2, 0.25) is 5.91 Å². The number of hydrogen-bond acceptors (Lipinski definition) is 3. The second-order valence-corrected chi connectivity index (χ2v) is 5.94. The average Bonchev–Trinajstić information content (AvgIpc) is 3.02. The van der Waals surface area contributed by atoms with E-state index in [1.807, 2.05) is 19.1 Å². The van der Waals surface area contributed by atoms with Gasteiger partial charge < -0.3 is 10.4 Å². The van der Waals surface area contributed by atoms with Crippen molar-refractivity contribution in [2.24, 2.45) is 0 Å². The van der Waals surface area contributed by atoms with Crippen LogP contribution in [0.25, 0.3) is 0 Å². The molecule has 6 heteroatoms. The Bertz CT molecular complexity index is 707. The van der Waals surface area contributed by atoms with Crippen LogP contribution in [-0.2, 0) is 11.3 Å². The average molecular weight is 329 g/mol. The maximum absolute atomic E-state index is 12.1. The molecule has 1 aromatic heterocycles. The minimum atomic E-state index is -1.10. The van der Waals surface area contributed by atoms with Crippen molar-refractivity contribution in [3.8, 4) is 0 Å². The highest BCUT2D eigenvalue weighted by molar-refractivity contribution is 5.86. The number of carboxylic acids is 1. The maximum atomic E-state index is 12.1. The van der Waals surface area contributed by atoms with Crippen LogP contribution in [-0.4, -0.2) is 26.8 Å². The summed E-state index contributed by atoms with van der Waals surface area (Å²) in [6, 6.07) is 9.41. The molecular weight excluding hydrogens is 306 g/mol. The molecule has 2 N–H and O–H groups in total. The number of nitrogens with zero attached hydrogens (tertiary/aromatic N) is 2. The van der Waals surface area contributed by atoms with Crippen LogP contribution in [0.15, 0.2) is 36.5 Å². The molecule has 0 aliphatic carbocycles. The Kier molecular flexibility index (Phi) is 5.73. The van der Waals surface area contributed by atoms with E-state index in [0.29, 0.717) is 5.92 Å². The third-order valence-electron chi connectivity index (χ3n) is 4.22. The Morgan fingerprint density at radius 2 is 1.79 bits per heavy atom. The molecule has 24 heavy (non-hydrogen) atoms. The van der Waals surface area contributed by atoms with Gasteiger partial charge >= 0.3 is 5.97 Å². The summed E-state index contributed by atoms with van der Waals surface area (Å²) in [7, 11) is 0. The molecule has 2 atom stereocenters. The molecule has 0 bridgehead atoms. The van der Waals surface area contributed by atoms with Crippen LogP contribution < -0.4 is 5.32 Å². The summed E-state index contributed by atoms with van der Waals surface area (Å²) < 4.78 is 1.18. The van der Waals surface area contributed by atoms with E-state index < -0.39 is 5.97 Å². The molecule has 1 amide bonds. The van der Waals surface area contributed by atoms with Gasteiger partial charge in [-0.05, 0) is 36.5 Å². The standard InChI is InChI=1S/C18H23N3O3/c1-4-12(2)14-5-7-15(8-6-14)13(3)20-17(22)11-21-16(18(23)24)9-10-19-21/h5-10,12-13H,4,11H2,1-3H3,(H,20,22)(H,23,24). The van der Waals surface area contributed by atoms with E-state index in [0.717, 1.165) is 12.0 Å². The first-order valence-electron chi connectivity index (χ1n) is 8.06. The Hall–Kier alpha value is -2.63. The molecule has 0 aliphatic heterocycles. The van der Waals surface area contributed by atoms with Crippen molar-refractivity contribution in [2.45, 2.75) is 45.7 Å². The topological polar surface area (TPSA) is 84.2 Å². The molecule has 0 radical (unpaired) electrons. The van der Waals surface area contributed by atoms with Crippen LogP contribution in [0, 0.1) is 0 Å². The number of aromatic nitrogens is 2. The summed E-state index contributed by atoms with van der Waals surface area (Å²) in [5.74, 6) is -0.869. The second kappa shape index (κ2) is 7.77. The van der Waals surface area contributed by atoms with Crippen molar-refractivity contribution in [2.75, 3.05) is 0 Å². The molecule has 1 aromatic carbocycles. The zero-order valence-electron chi connectivity index (χ0n) is 14.2. The number of rotatable bonds is 7. The number of amides is 1. The van der Waals surface area contributed by atoms with Crippen LogP contribution in [0.4, 0.5) is 0 Å². The van der Waals surface area contributed by atoms with E-state index in [4.69, 9.17) is 5.11 Å².